The molecule has 2 rings (SSSR count). The summed E-state index contributed by atoms with van der Waals surface area (Å²) in [5, 5.41) is 1.67. The van der Waals surface area contributed by atoms with E-state index in [2.05, 4.69) is 15.9 Å². The van der Waals surface area contributed by atoms with Gasteiger partial charge in [-0.1, -0.05) is 46.8 Å². The van der Waals surface area contributed by atoms with Gasteiger partial charge in [-0.3, -0.25) is 0 Å². The molecule has 0 amide bonds. The zero-order valence-corrected chi connectivity index (χ0v) is 12.2. The first kappa shape index (κ1) is 13.4. The fourth-order valence-electron chi connectivity index (χ4n) is 2.74. The highest BCUT2D eigenvalue weighted by Crippen LogP contribution is 2.41. The first-order chi connectivity index (χ1) is 8.15. The van der Waals surface area contributed by atoms with E-state index in [-0.39, 0.29) is 11.2 Å². The van der Waals surface area contributed by atoms with Gasteiger partial charge < -0.3 is 0 Å². The molecule has 0 bridgehead atoms. The van der Waals surface area contributed by atoms with Gasteiger partial charge in [0.25, 0.3) is 0 Å². The number of hydrogen-bond acceptors (Lipinski definition) is 0. The number of rotatable bonds is 3. The highest BCUT2D eigenvalue weighted by atomic mass is 79.9. The molecule has 0 radical (unpaired) electrons. The van der Waals surface area contributed by atoms with Crippen molar-refractivity contribution in [2.24, 2.45) is 5.41 Å². The molecule has 0 atom stereocenters. The molecule has 17 heavy (non-hydrogen) atoms. The average Bonchev–Trinajstić information content (AvgIpc) is 2.35. The van der Waals surface area contributed by atoms with E-state index in [9.17, 15) is 4.39 Å². The SMILES string of the molecule is Fc1ccc(Cl)c(CC2(CBr)CCCCC2)c1. The van der Waals surface area contributed by atoms with Crippen molar-refractivity contribution in [2.45, 2.75) is 38.5 Å². The third kappa shape index (κ3) is 3.23. The Morgan fingerprint density at radius 3 is 2.59 bits per heavy atom. The monoisotopic (exact) mass is 318 g/mol. The fraction of sp³-hybridized carbons (Fsp3) is 0.571. The quantitative estimate of drug-likeness (QED) is 0.657. The van der Waals surface area contributed by atoms with E-state index in [0.29, 0.717) is 5.02 Å². The van der Waals surface area contributed by atoms with Crippen LogP contribution in [0.25, 0.3) is 0 Å². The van der Waals surface area contributed by atoms with Crippen molar-refractivity contribution in [3.05, 3.63) is 34.6 Å². The summed E-state index contributed by atoms with van der Waals surface area (Å²) < 4.78 is 13.3. The Morgan fingerprint density at radius 2 is 1.94 bits per heavy atom. The third-order valence-electron chi connectivity index (χ3n) is 3.77. The van der Waals surface area contributed by atoms with Crippen LogP contribution in [0.15, 0.2) is 18.2 Å². The van der Waals surface area contributed by atoms with Crippen molar-refractivity contribution >= 4 is 27.5 Å². The molecule has 1 aromatic rings. The minimum atomic E-state index is -0.190. The topological polar surface area (TPSA) is 0 Å². The van der Waals surface area contributed by atoms with Crippen LogP contribution in [0, 0.1) is 11.2 Å². The average molecular weight is 320 g/mol. The van der Waals surface area contributed by atoms with E-state index < -0.39 is 0 Å². The van der Waals surface area contributed by atoms with Crippen molar-refractivity contribution in [3.8, 4) is 0 Å². The fourth-order valence-corrected chi connectivity index (χ4v) is 3.69. The van der Waals surface area contributed by atoms with Gasteiger partial charge in [0.15, 0.2) is 0 Å². The van der Waals surface area contributed by atoms with Gasteiger partial charge in [0.05, 0.1) is 0 Å². The lowest BCUT2D eigenvalue weighted by molar-refractivity contribution is 0.223. The van der Waals surface area contributed by atoms with Crippen molar-refractivity contribution in [2.75, 3.05) is 5.33 Å². The Bertz CT molecular complexity index is 386. The maximum absolute atomic E-state index is 13.3. The summed E-state index contributed by atoms with van der Waals surface area (Å²) in [7, 11) is 0. The normalized spacial score (nSPS) is 19.2. The summed E-state index contributed by atoms with van der Waals surface area (Å²) in [5.41, 5.74) is 1.23. The van der Waals surface area contributed by atoms with Crippen LogP contribution in [-0.2, 0) is 6.42 Å². The molecule has 1 aromatic carbocycles. The molecular weight excluding hydrogens is 303 g/mol. The van der Waals surface area contributed by atoms with Crippen LogP contribution in [0.1, 0.15) is 37.7 Å². The molecule has 1 aliphatic carbocycles. The predicted molar refractivity (Wildman–Crippen MR) is 74.4 cm³/mol. The van der Waals surface area contributed by atoms with Crippen LogP contribution in [0.5, 0.6) is 0 Å². The van der Waals surface area contributed by atoms with E-state index in [1.165, 1.54) is 38.2 Å². The molecule has 0 heterocycles. The van der Waals surface area contributed by atoms with E-state index in [0.717, 1.165) is 17.3 Å². The summed E-state index contributed by atoms with van der Waals surface area (Å²) >= 11 is 9.78. The van der Waals surface area contributed by atoms with E-state index >= 15 is 0 Å². The molecule has 0 N–H and O–H groups in total. The van der Waals surface area contributed by atoms with Crippen LogP contribution in [0.4, 0.5) is 4.39 Å². The molecule has 0 nitrogen and oxygen atoms in total. The number of benzene rings is 1. The second kappa shape index (κ2) is 5.71. The molecule has 1 fully saturated rings. The van der Waals surface area contributed by atoms with Gasteiger partial charge in [0, 0.05) is 10.4 Å². The van der Waals surface area contributed by atoms with Gasteiger partial charge in [-0.25, -0.2) is 4.39 Å². The largest absolute Gasteiger partial charge is 0.207 e. The van der Waals surface area contributed by atoms with Gasteiger partial charge in [-0.2, -0.15) is 0 Å². The van der Waals surface area contributed by atoms with Crippen molar-refractivity contribution < 1.29 is 4.39 Å². The van der Waals surface area contributed by atoms with Crippen LogP contribution >= 0.6 is 27.5 Å². The molecule has 0 unspecified atom stereocenters. The maximum atomic E-state index is 13.3. The standard InChI is InChI=1S/C14H17BrClF/c15-10-14(6-2-1-3-7-14)9-11-8-12(17)4-5-13(11)16/h4-5,8H,1-3,6-7,9-10H2. The highest BCUT2D eigenvalue weighted by molar-refractivity contribution is 9.09. The minimum Gasteiger partial charge on any atom is -0.207 e. The maximum Gasteiger partial charge on any atom is 0.123 e. The molecule has 0 saturated heterocycles. The van der Waals surface area contributed by atoms with Crippen LogP contribution in [0.3, 0.4) is 0 Å². The molecule has 1 aliphatic rings. The predicted octanol–water partition coefficient (Wildman–Crippen LogP) is 5.37. The third-order valence-corrected chi connectivity index (χ3v) is 5.33. The molecule has 0 aliphatic heterocycles. The Morgan fingerprint density at radius 1 is 1.24 bits per heavy atom. The summed E-state index contributed by atoms with van der Waals surface area (Å²) in [6.45, 7) is 0. The smallest absolute Gasteiger partial charge is 0.123 e. The van der Waals surface area contributed by atoms with Gasteiger partial charge in [0.2, 0.25) is 0 Å². The summed E-state index contributed by atoms with van der Waals surface area (Å²) in [6, 6.07) is 4.67. The van der Waals surface area contributed by atoms with Crippen LogP contribution in [0.2, 0.25) is 5.02 Å². The summed E-state index contributed by atoms with van der Waals surface area (Å²) in [6.07, 6.45) is 7.19. The Kier molecular flexibility index (Phi) is 4.48. The van der Waals surface area contributed by atoms with Gasteiger partial charge in [-0.05, 0) is 48.4 Å². The van der Waals surface area contributed by atoms with Crippen LogP contribution in [-0.4, -0.2) is 5.33 Å². The van der Waals surface area contributed by atoms with E-state index in [4.69, 9.17) is 11.6 Å². The number of hydrogen-bond donors (Lipinski definition) is 0. The molecule has 0 aromatic heterocycles. The Hall–Kier alpha value is -0.0800. The minimum absolute atomic E-state index is 0.190. The first-order valence-electron chi connectivity index (χ1n) is 6.15. The van der Waals surface area contributed by atoms with Gasteiger partial charge >= 0.3 is 0 Å². The molecule has 1 saturated carbocycles. The van der Waals surface area contributed by atoms with Crippen molar-refractivity contribution in [1.82, 2.24) is 0 Å². The van der Waals surface area contributed by atoms with Crippen molar-refractivity contribution in [3.63, 3.8) is 0 Å². The highest BCUT2D eigenvalue weighted by Gasteiger charge is 2.31. The Labute approximate surface area is 116 Å². The zero-order chi connectivity index (χ0) is 12.3. The molecular formula is C14H17BrClF. The Balaban J connectivity index is 2.20. The number of halogens is 3. The lowest BCUT2D eigenvalue weighted by Gasteiger charge is -2.36. The second-order valence-corrected chi connectivity index (χ2v) is 6.07. The van der Waals surface area contributed by atoms with Crippen LogP contribution < -0.4 is 0 Å². The molecule has 3 heteroatoms. The lowest BCUT2D eigenvalue weighted by Crippen LogP contribution is -2.28. The van der Waals surface area contributed by atoms with E-state index in [1.54, 1.807) is 12.1 Å². The van der Waals surface area contributed by atoms with Gasteiger partial charge in [0.1, 0.15) is 5.82 Å². The zero-order valence-electron chi connectivity index (χ0n) is 9.82. The molecule has 0 spiro atoms. The summed E-state index contributed by atoms with van der Waals surface area (Å²) in [4.78, 5) is 0. The summed E-state index contributed by atoms with van der Waals surface area (Å²) in [5.74, 6) is -0.190. The lowest BCUT2D eigenvalue weighted by atomic mass is 9.72. The second-order valence-electron chi connectivity index (χ2n) is 5.11. The van der Waals surface area contributed by atoms with Gasteiger partial charge in [-0.15, -0.1) is 0 Å². The first-order valence-corrected chi connectivity index (χ1v) is 7.65. The molecule has 94 valence electrons. The van der Waals surface area contributed by atoms with Crippen molar-refractivity contribution in [1.29, 1.82) is 0 Å². The number of alkyl halides is 1. The van der Waals surface area contributed by atoms with E-state index in [1.807, 2.05) is 0 Å².